The van der Waals surface area contributed by atoms with Gasteiger partial charge in [-0.1, -0.05) is 80.2 Å². The minimum absolute atomic E-state index is 0.0795. The number of thiophene rings is 1. The molecule has 2 aromatic carbocycles. The highest BCUT2D eigenvalue weighted by Crippen LogP contribution is 2.32. The highest BCUT2D eigenvalue weighted by Gasteiger charge is 2.14. The second-order valence-electron chi connectivity index (χ2n) is 7.41. The van der Waals surface area contributed by atoms with Crippen LogP contribution in [0.3, 0.4) is 0 Å². The van der Waals surface area contributed by atoms with Crippen LogP contribution in [-0.2, 0) is 16.1 Å². The van der Waals surface area contributed by atoms with Crippen LogP contribution < -0.4 is 5.56 Å². The zero-order valence-corrected chi connectivity index (χ0v) is 18.9. The van der Waals surface area contributed by atoms with Crippen LogP contribution in [0.4, 0.5) is 0 Å². The molecule has 1 N–H and O–H groups in total. The van der Waals surface area contributed by atoms with Crippen molar-refractivity contribution >= 4 is 39.3 Å². The van der Waals surface area contributed by atoms with Gasteiger partial charge in [-0.2, -0.15) is 0 Å². The van der Waals surface area contributed by atoms with Gasteiger partial charge in [-0.25, -0.2) is 4.98 Å². The van der Waals surface area contributed by atoms with Gasteiger partial charge in [-0.3, -0.25) is 9.59 Å². The van der Waals surface area contributed by atoms with Gasteiger partial charge in [0, 0.05) is 10.9 Å². The van der Waals surface area contributed by atoms with Crippen LogP contribution in [-0.4, -0.2) is 21.7 Å². The Balaban J connectivity index is 1.46. The van der Waals surface area contributed by atoms with Gasteiger partial charge in [0.05, 0.1) is 11.1 Å². The number of carbonyl (C=O) groups is 1. The number of fused-ring (bicyclic) bond motifs is 1. The molecule has 0 fully saturated rings. The minimum atomic E-state index is -0.353. The second-order valence-corrected chi connectivity index (χ2v) is 9.23. The molecule has 0 aliphatic heterocycles. The third-order valence-corrected chi connectivity index (χ3v) is 6.60. The number of hydrogen-bond acceptors (Lipinski definition) is 6. The molecule has 158 valence electrons. The highest BCUT2D eigenvalue weighted by atomic mass is 32.2. The van der Waals surface area contributed by atoms with E-state index < -0.39 is 0 Å². The summed E-state index contributed by atoms with van der Waals surface area (Å²) in [6.45, 7) is 4.54. The number of nitrogens with zero attached hydrogens (tertiary/aromatic N) is 1. The fraction of sp³-hybridized carbons (Fsp3) is 0.208. The fourth-order valence-electron chi connectivity index (χ4n) is 3.16. The number of nitrogens with one attached hydrogen (secondary N) is 1. The molecule has 2 heterocycles. The van der Waals surface area contributed by atoms with Gasteiger partial charge in [0.25, 0.3) is 5.56 Å². The average molecular weight is 451 g/mol. The van der Waals surface area contributed by atoms with Crippen molar-refractivity contribution in [1.82, 2.24) is 9.97 Å². The normalized spacial score (nSPS) is 11.2. The van der Waals surface area contributed by atoms with Gasteiger partial charge >= 0.3 is 5.97 Å². The Bertz CT molecular complexity index is 1250. The predicted octanol–water partition coefficient (Wildman–Crippen LogP) is 5.61. The maximum atomic E-state index is 12.8. The second kappa shape index (κ2) is 9.49. The molecule has 0 saturated carbocycles. The van der Waals surface area contributed by atoms with E-state index >= 15 is 0 Å². The number of thioether (sulfide) groups is 1. The lowest BCUT2D eigenvalue weighted by atomic mass is 9.99. The first-order valence-electron chi connectivity index (χ1n) is 9.95. The van der Waals surface area contributed by atoms with Gasteiger partial charge in [-0.15, -0.1) is 11.3 Å². The fourth-order valence-corrected chi connectivity index (χ4v) is 4.83. The Morgan fingerprint density at radius 2 is 1.87 bits per heavy atom. The van der Waals surface area contributed by atoms with Crippen LogP contribution in [0.5, 0.6) is 0 Å². The van der Waals surface area contributed by atoms with Crippen LogP contribution >= 0.6 is 23.1 Å². The smallest absolute Gasteiger partial charge is 0.316 e. The van der Waals surface area contributed by atoms with E-state index in [9.17, 15) is 9.59 Å². The summed E-state index contributed by atoms with van der Waals surface area (Å²) in [5, 5.41) is 2.95. The van der Waals surface area contributed by atoms with Crippen molar-refractivity contribution in [2.24, 2.45) is 0 Å². The standard InChI is InChI=1S/C24H22N2O3S2/c1-15(2)17-8-10-18(11-9-17)19-13-30-23-21(19)22(28)25-24(26-23)31-14-20(27)29-12-16-6-4-3-5-7-16/h3-11,13,15H,12,14H2,1-2H3,(H,25,26,28). The summed E-state index contributed by atoms with van der Waals surface area (Å²) < 4.78 is 5.28. The molecule has 4 rings (SSSR count). The summed E-state index contributed by atoms with van der Waals surface area (Å²) >= 11 is 2.60. The summed E-state index contributed by atoms with van der Waals surface area (Å²) in [7, 11) is 0. The van der Waals surface area contributed by atoms with Crippen molar-refractivity contribution in [1.29, 1.82) is 0 Å². The lowest BCUT2D eigenvalue weighted by Gasteiger charge is -2.06. The van der Waals surface area contributed by atoms with Crippen LogP contribution in [0.15, 0.2) is 69.9 Å². The van der Waals surface area contributed by atoms with E-state index in [1.165, 1.54) is 28.7 Å². The number of aromatic amines is 1. The van der Waals surface area contributed by atoms with Crippen LogP contribution in [0.25, 0.3) is 21.3 Å². The van der Waals surface area contributed by atoms with Crippen molar-refractivity contribution in [3.63, 3.8) is 0 Å². The number of aromatic nitrogens is 2. The number of ether oxygens (including phenoxy) is 1. The third-order valence-electron chi connectivity index (χ3n) is 4.88. The molecule has 2 aromatic heterocycles. The summed E-state index contributed by atoms with van der Waals surface area (Å²) in [4.78, 5) is 32.8. The molecule has 0 spiro atoms. The van der Waals surface area contributed by atoms with Crippen molar-refractivity contribution in [3.8, 4) is 11.1 Å². The van der Waals surface area contributed by atoms with Gasteiger partial charge in [-0.05, 0) is 22.6 Å². The highest BCUT2D eigenvalue weighted by molar-refractivity contribution is 7.99. The molecule has 0 aliphatic carbocycles. The lowest BCUT2D eigenvalue weighted by molar-refractivity contribution is -0.141. The zero-order chi connectivity index (χ0) is 21.8. The maximum Gasteiger partial charge on any atom is 0.316 e. The number of hydrogen-bond donors (Lipinski definition) is 1. The Labute approximate surface area is 188 Å². The van der Waals surface area contributed by atoms with E-state index in [4.69, 9.17) is 4.74 Å². The summed E-state index contributed by atoms with van der Waals surface area (Å²) in [5.41, 5.74) is 3.86. The van der Waals surface area contributed by atoms with Crippen LogP contribution in [0.2, 0.25) is 0 Å². The minimum Gasteiger partial charge on any atom is -0.460 e. The van der Waals surface area contributed by atoms with Gasteiger partial charge in [0.15, 0.2) is 5.16 Å². The zero-order valence-electron chi connectivity index (χ0n) is 17.3. The van der Waals surface area contributed by atoms with Crippen molar-refractivity contribution in [2.45, 2.75) is 31.5 Å². The van der Waals surface area contributed by atoms with Crippen molar-refractivity contribution < 1.29 is 9.53 Å². The van der Waals surface area contributed by atoms with Gasteiger partial charge < -0.3 is 9.72 Å². The monoisotopic (exact) mass is 450 g/mol. The topological polar surface area (TPSA) is 72.0 Å². The van der Waals surface area contributed by atoms with E-state index in [0.29, 0.717) is 21.3 Å². The van der Waals surface area contributed by atoms with Crippen LogP contribution in [0, 0.1) is 0 Å². The van der Waals surface area contributed by atoms with Crippen molar-refractivity contribution in [3.05, 3.63) is 81.5 Å². The molecule has 4 aromatic rings. The molecule has 0 bridgehead atoms. The van der Waals surface area contributed by atoms with E-state index in [1.807, 2.05) is 47.8 Å². The molecular weight excluding hydrogens is 428 g/mol. The van der Waals surface area contributed by atoms with Crippen molar-refractivity contribution in [2.75, 3.05) is 5.75 Å². The molecule has 0 saturated heterocycles. The summed E-state index contributed by atoms with van der Waals surface area (Å²) in [6, 6.07) is 17.8. The summed E-state index contributed by atoms with van der Waals surface area (Å²) in [5.74, 6) is 0.182. The Hall–Kier alpha value is -2.90. The molecule has 0 aliphatic rings. The van der Waals surface area contributed by atoms with Gasteiger partial charge in [0.2, 0.25) is 0 Å². The van der Waals surface area contributed by atoms with Gasteiger partial charge in [0.1, 0.15) is 11.4 Å². The molecule has 31 heavy (non-hydrogen) atoms. The van der Waals surface area contributed by atoms with E-state index in [2.05, 4.69) is 35.9 Å². The molecule has 5 nitrogen and oxygen atoms in total. The number of benzene rings is 2. The van der Waals surface area contributed by atoms with Crippen LogP contribution in [0.1, 0.15) is 30.9 Å². The summed E-state index contributed by atoms with van der Waals surface area (Å²) in [6.07, 6.45) is 0. The molecule has 0 amide bonds. The third kappa shape index (κ3) is 5.06. The predicted molar refractivity (Wildman–Crippen MR) is 127 cm³/mol. The van der Waals surface area contributed by atoms with E-state index in [1.54, 1.807) is 0 Å². The average Bonchev–Trinajstić information content (AvgIpc) is 3.21. The number of rotatable bonds is 7. The molecule has 0 atom stereocenters. The largest absolute Gasteiger partial charge is 0.460 e. The lowest BCUT2D eigenvalue weighted by Crippen LogP contribution is -2.11. The molecule has 0 radical (unpaired) electrons. The molecule has 0 unspecified atom stereocenters. The number of H-pyrrole nitrogens is 1. The maximum absolute atomic E-state index is 12.8. The number of carbonyl (C=O) groups excluding carboxylic acids is 1. The Kier molecular flexibility index (Phi) is 6.53. The SMILES string of the molecule is CC(C)c1ccc(-c2csc3nc(SCC(=O)OCc4ccccc4)[nH]c(=O)c23)cc1. The Morgan fingerprint density at radius 1 is 1.13 bits per heavy atom. The number of esters is 1. The van der Waals surface area contributed by atoms with E-state index in [-0.39, 0.29) is 23.9 Å². The quantitative estimate of drug-likeness (QED) is 0.225. The first kappa shape index (κ1) is 21.3. The first-order chi connectivity index (χ1) is 15.0. The van der Waals surface area contributed by atoms with E-state index in [0.717, 1.165) is 16.7 Å². The molecular formula is C24H22N2O3S2. The first-order valence-corrected chi connectivity index (χ1v) is 11.8. The Morgan fingerprint density at radius 3 is 2.58 bits per heavy atom. The molecule has 7 heteroatoms.